The third kappa shape index (κ3) is 3.19. The molecule has 1 unspecified atom stereocenters. The Bertz CT molecular complexity index is 836. The summed E-state index contributed by atoms with van der Waals surface area (Å²) >= 11 is 0. The van der Waals surface area contributed by atoms with Crippen LogP contribution in [0.1, 0.15) is 17.0 Å². The maximum Gasteiger partial charge on any atom is 0.0753 e. The molecule has 0 aliphatic rings. The van der Waals surface area contributed by atoms with Crippen molar-refractivity contribution in [1.82, 2.24) is 0 Å². The van der Waals surface area contributed by atoms with Crippen LogP contribution in [0.2, 0.25) is 0 Å². The summed E-state index contributed by atoms with van der Waals surface area (Å²) in [7, 11) is 4.04. The van der Waals surface area contributed by atoms with Gasteiger partial charge in [-0.3, -0.25) is 0 Å². The molecule has 23 heavy (non-hydrogen) atoms. The van der Waals surface area contributed by atoms with Crippen molar-refractivity contribution in [1.29, 1.82) is 5.26 Å². The number of anilines is 1. The topological polar surface area (TPSA) is 27.0 Å². The van der Waals surface area contributed by atoms with Gasteiger partial charge in [0.15, 0.2) is 0 Å². The Kier molecular flexibility index (Phi) is 4.30. The summed E-state index contributed by atoms with van der Waals surface area (Å²) in [6, 6.07) is 25.4. The van der Waals surface area contributed by atoms with Gasteiger partial charge in [0.25, 0.3) is 0 Å². The Hall–Kier alpha value is -2.79. The fourth-order valence-electron chi connectivity index (χ4n) is 2.93. The van der Waals surface area contributed by atoms with Gasteiger partial charge in [0.1, 0.15) is 0 Å². The first-order valence-corrected chi connectivity index (χ1v) is 7.82. The average Bonchev–Trinajstić information content (AvgIpc) is 2.60. The second kappa shape index (κ2) is 6.54. The van der Waals surface area contributed by atoms with E-state index in [2.05, 4.69) is 71.6 Å². The first kappa shape index (κ1) is 15.1. The van der Waals surface area contributed by atoms with E-state index >= 15 is 0 Å². The summed E-state index contributed by atoms with van der Waals surface area (Å²) in [5.41, 5.74) is 3.45. The molecule has 0 saturated heterocycles. The molecule has 3 aromatic rings. The summed E-state index contributed by atoms with van der Waals surface area (Å²) in [6.07, 6.45) is 0.735. The van der Waals surface area contributed by atoms with Crippen molar-refractivity contribution in [2.24, 2.45) is 0 Å². The number of hydrogen-bond acceptors (Lipinski definition) is 2. The summed E-state index contributed by atoms with van der Waals surface area (Å²) in [4.78, 5) is 2.07. The van der Waals surface area contributed by atoms with E-state index in [0.29, 0.717) is 0 Å². The highest BCUT2D eigenvalue weighted by Gasteiger charge is 2.13. The van der Waals surface area contributed by atoms with Gasteiger partial charge in [-0.05, 0) is 40.5 Å². The Balaban J connectivity index is 1.91. The van der Waals surface area contributed by atoms with Crippen LogP contribution in [-0.4, -0.2) is 14.1 Å². The Morgan fingerprint density at radius 2 is 1.61 bits per heavy atom. The van der Waals surface area contributed by atoms with Crippen molar-refractivity contribution >= 4 is 16.5 Å². The smallest absolute Gasteiger partial charge is 0.0753 e. The first-order valence-electron chi connectivity index (χ1n) is 7.82. The van der Waals surface area contributed by atoms with Crippen LogP contribution in [0.4, 0.5) is 5.69 Å². The molecule has 1 atom stereocenters. The molecule has 0 aliphatic carbocycles. The van der Waals surface area contributed by atoms with Crippen LogP contribution in [0.5, 0.6) is 0 Å². The number of hydrogen-bond donors (Lipinski definition) is 0. The lowest BCUT2D eigenvalue weighted by Gasteiger charge is -2.15. The maximum atomic E-state index is 9.63. The number of fused-ring (bicyclic) bond motifs is 1. The molecule has 0 saturated carbocycles. The van der Waals surface area contributed by atoms with Gasteiger partial charge >= 0.3 is 0 Å². The fourth-order valence-corrected chi connectivity index (χ4v) is 2.93. The molecule has 0 aromatic heterocycles. The molecule has 3 rings (SSSR count). The van der Waals surface area contributed by atoms with Gasteiger partial charge < -0.3 is 4.90 Å². The van der Waals surface area contributed by atoms with Gasteiger partial charge in [-0.2, -0.15) is 5.26 Å². The van der Waals surface area contributed by atoms with Crippen molar-refractivity contribution < 1.29 is 0 Å². The Morgan fingerprint density at radius 1 is 0.913 bits per heavy atom. The van der Waals surface area contributed by atoms with E-state index in [1.807, 2.05) is 20.2 Å². The maximum absolute atomic E-state index is 9.63. The third-order valence-corrected chi connectivity index (χ3v) is 4.27. The molecule has 2 heteroatoms. The van der Waals surface area contributed by atoms with E-state index in [0.717, 1.165) is 17.7 Å². The highest BCUT2D eigenvalue weighted by Crippen LogP contribution is 2.26. The van der Waals surface area contributed by atoms with Crippen LogP contribution in [0, 0.1) is 11.3 Å². The lowest BCUT2D eigenvalue weighted by molar-refractivity contribution is 0.854. The number of rotatable bonds is 4. The zero-order valence-corrected chi connectivity index (χ0v) is 13.5. The van der Waals surface area contributed by atoms with Gasteiger partial charge in [-0.25, -0.2) is 0 Å². The lowest BCUT2D eigenvalue weighted by Crippen LogP contribution is -2.08. The zero-order chi connectivity index (χ0) is 16.2. The van der Waals surface area contributed by atoms with Gasteiger partial charge in [-0.15, -0.1) is 0 Å². The molecule has 0 aliphatic heterocycles. The molecular formula is C21H20N2. The number of nitriles is 1. The van der Waals surface area contributed by atoms with E-state index < -0.39 is 0 Å². The number of benzene rings is 3. The standard InChI is InChI=1S/C21H20N2/c1-23(2)20-12-10-16(11-13-20)19(15-22)14-18-8-5-7-17-6-3-4-9-21(17)18/h3-13,19H,14H2,1-2H3. The van der Waals surface area contributed by atoms with Crippen molar-refractivity contribution in [3.8, 4) is 6.07 Å². The second-order valence-corrected chi connectivity index (χ2v) is 6.01. The highest BCUT2D eigenvalue weighted by atomic mass is 15.1. The molecular weight excluding hydrogens is 280 g/mol. The van der Waals surface area contributed by atoms with Crippen molar-refractivity contribution in [2.45, 2.75) is 12.3 Å². The summed E-state index contributed by atoms with van der Waals surface area (Å²) in [5, 5.41) is 12.1. The molecule has 114 valence electrons. The SMILES string of the molecule is CN(C)c1ccc(C(C#N)Cc2cccc3ccccc23)cc1. The predicted molar refractivity (Wildman–Crippen MR) is 96.8 cm³/mol. The molecule has 0 fully saturated rings. The molecule has 2 nitrogen and oxygen atoms in total. The Labute approximate surface area is 137 Å². The summed E-state index contributed by atoms with van der Waals surface area (Å²) < 4.78 is 0. The lowest BCUT2D eigenvalue weighted by atomic mass is 9.90. The predicted octanol–water partition coefficient (Wildman–Crippen LogP) is 4.76. The largest absolute Gasteiger partial charge is 0.378 e. The monoisotopic (exact) mass is 300 g/mol. The van der Waals surface area contributed by atoms with Gasteiger partial charge in [0.2, 0.25) is 0 Å². The molecule has 0 amide bonds. The molecule has 0 heterocycles. The summed E-state index contributed by atoms with van der Waals surface area (Å²) in [6.45, 7) is 0. The molecule has 0 bridgehead atoms. The van der Waals surface area contributed by atoms with Crippen molar-refractivity contribution in [3.05, 3.63) is 77.9 Å². The Morgan fingerprint density at radius 3 is 2.30 bits per heavy atom. The average molecular weight is 300 g/mol. The fraction of sp³-hybridized carbons (Fsp3) is 0.190. The van der Waals surface area contributed by atoms with E-state index in [1.54, 1.807) is 0 Å². The first-order chi connectivity index (χ1) is 11.2. The molecule has 3 aromatic carbocycles. The van der Waals surface area contributed by atoms with Crippen LogP contribution >= 0.6 is 0 Å². The van der Waals surface area contributed by atoms with Gasteiger partial charge in [0.05, 0.1) is 12.0 Å². The molecule has 0 N–H and O–H groups in total. The quantitative estimate of drug-likeness (QED) is 0.695. The van der Waals surface area contributed by atoms with E-state index in [9.17, 15) is 5.26 Å². The van der Waals surface area contributed by atoms with E-state index in [-0.39, 0.29) is 5.92 Å². The van der Waals surface area contributed by atoms with Gasteiger partial charge in [-0.1, -0.05) is 54.6 Å². The summed E-state index contributed by atoms with van der Waals surface area (Å²) in [5.74, 6) is -0.128. The minimum Gasteiger partial charge on any atom is -0.378 e. The van der Waals surface area contributed by atoms with E-state index in [1.165, 1.54) is 16.3 Å². The minimum atomic E-state index is -0.128. The zero-order valence-electron chi connectivity index (χ0n) is 13.5. The molecule has 0 spiro atoms. The third-order valence-electron chi connectivity index (χ3n) is 4.27. The second-order valence-electron chi connectivity index (χ2n) is 6.01. The minimum absolute atomic E-state index is 0.128. The molecule has 0 radical (unpaired) electrons. The van der Waals surface area contributed by atoms with Gasteiger partial charge in [0, 0.05) is 19.8 Å². The van der Waals surface area contributed by atoms with Crippen molar-refractivity contribution in [2.75, 3.05) is 19.0 Å². The van der Waals surface area contributed by atoms with Crippen molar-refractivity contribution in [3.63, 3.8) is 0 Å². The van der Waals surface area contributed by atoms with Crippen LogP contribution < -0.4 is 4.90 Å². The van der Waals surface area contributed by atoms with E-state index in [4.69, 9.17) is 0 Å². The normalized spacial score (nSPS) is 11.9. The van der Waals surface area contributed by atoms with Crippen LogP contribution in [-0.2, 0) is 6.42 Å². The van der Waals surface area contributed by atoms with Crippen LogP contribution in [0.25, 0.3) is 10.8 Å². The van der Waals surface area contributed by atoms with Crippen LogP contribution in [0.3, 0.4) is 0 Å². The van der Waals surface area contributed by atoms with Crippen LogP contribution in [0.15, 0.2) is 66.7 Å². The highest BCUT2D eigenvalue weighted by molar-refractivity contribution is 5.85. The number of nitrogens with zero attached hydrogens (tertiary/aromatic N) is 2.